The Bertz CT molecular complexity index is 1050. The summed E-state index contributed by atoms with van der Waals surface area (Å²) < 4.78 is 30.0. The first-order valence-electron chi connectivity index (χ1n) is 9.93. The predicted octanol–water partition coefficient (Wildman–Crippen LogP) is 3.24. The van der Waals surface area contributed by atoms with Crippen LogP contribution in [-0.2, 0) is 6.42 Å². The van der Waals surface area contributed by atoms with Gasteiger partial charge in [0.1, 0.15) is 23.7 Å². The Labute approximate surface area is 184 Å². The minimum atomic E-state index is -2.44. The third kappa shape index (κ3) is 6.10. The summed E-state index contributed by atoms with van der Waals surface area (Å²) in [5.74, 6) is 1.48. The predicted molar refractivity (Wildman–Crippen MR) is 118 cm³/mol. The monoisotopic (exact) mass is 442 g/mol. The lowest BCUT2D eigenvalue weighted by Gasteiger charge is -2.12. The molecule has 3 N–H and O–H groups in total. The van der Waals surface area contributed by atoms with Gasteiger partial charge in [-0.05, 0) is 36.2 Å². The van der Waals surface area contributed by atoms with E-state index in [1.165, 1.54) is 6.33 Å². The number of hydrogen-bond acceptors (Lipinski definition) is 7. The molecule has 0 saturated heterocycles. The minimum Gasteiger partial charge on any atom is -0.496 e. The third-order valence-corrected chi connectivity index (χ3v) is 4.64. The first-order chi connectivity index (χ1) is 15.5. The Morgan fingerprint density at radius 3 is 2.59 bits per heavy atom. The normalized spacial score (nSPS) is 10.7. The van der Waals surface area contributed by atoms with E-state index in [0.29, 0.717) is 41.6 Å². The molecule has 3 aromatic rings. The molecular weight excluding hydrogens is 418 g/mol. The number of pyridine rings is 1. The number of anilines is 2. The maximum atomic E-state index is 12.3. The second-order valence-electron chi connectivity index (χ2n) is 6.78. The van der Waals surface area contributed by atoms with Crippen LogP contribution in [0, 0.1) is 0 Å². The summed E-state index contributed by atoms with van der Waals surface area (Å²) in [6.45, 7) is 0.133. The van der Waals surface area contributed by atoms with Crippen LogP contribution in [0.25, 0.3) is 11.3 Å². The molecule has 0 unspecified atom stereocenters. The molecule has 0 atom stereocenters. The fourth-order valence-corrected chi connectivity index (χ4v) is 3.01. The number of carbonyl (C=O) groups excluding carboxylic acids is 1. The van der Waals surface area contributed by atoms with Gasteiger partial charge >= 0.3 is 0 Å². The third-order valence-electron chi connectivity index (χ3n) is 4.64. The number of ether oxygens (including phenoxy) is 1. The van der Waals surface area contributed by atoms with Crippen molar-refractivity contribution in [1.82, 2.24) is 20.3 Å². The Morgan fingerprint density at radius 2 is 1.91 bits per heavy atom. The summed E-state index contributed by atoms with van der Waals surface area (Å²) in [6, 6.07) is 10.5. The van der Waals surface area contributed by atoms with Crippen LogP contribution in [-0.4, -0.2) is 54.5 Å². The van der Waals surface area contributed by atoms with E-state index < -0.39 is 13.0 Å². The molecular formula is C22H24F2N6O2. The molecule has 0 spiro atoms. The Balaban J connectivity index is 1.61. The maximum Gasteiger partial charge on any atom is 0.255 e. The van der Waals surface area contributed by atoms with Gasteiger partial charge in [0.15, 0.2) is 0 Å². The van der Waals surface area contributed by atoms with E-state index in [1.54, 1.807) is 50.7 Å². The molecule has 8 nitrogen and oxygen atoms in total. The lowest BCUT2D eigenvalue weighted by Crippen LogP contribution is -2.18. The van der Waals surface area contributed by atoms with Crippen LogP contribution in [0.4, 0.5) is 20.4 Å². The average Bonchev–Trinajstić information content (AvgIpc) is 2.83. The molecule has 0 aliphatic carbocycles. The number of carbonyl (C=O) groups is 1. The van der Waals surface area contributed by atoms with E-state index in [0.717, 1.165) is 11.1 Å². The zero-order valence-corrected chi connectivity index (χ0v) is 17.7. The molecule has 0 aliphatic heterocycles. The van der Waals surface area contributed by atoms with Crippen molar-refractivity contribution in [2.45, 2.75) is 12.8 Å². The topological polar surface area (TPSA) is 101 Å². The van der Waals surface area contributed by atoms with Crippen molar-refractivity contribution in [3.05, 3.63) is 60.0 Å². The van der Waals surface area contributed by atoms with Crippen molar-refractivity contribution in [3.63, 3.8) is 0 Å². The van der Waals surface area contributed by atoms with Gasteiger partial charge in [0, 0.05) is 37.0 Å². The summed E-state index contributed by atoms with van der Waals surface area (Å²) >= 11 is 0. The highest BCUT2D eigenvalue weighted by Crippen LogP contribution is 2.22. The fraction of sp³-hybridized carbons (Fsp3) is 0.273. The molecule has 2 aromatic heterocycles. The van der Waals surface area contributed by atoms with Crippen molar-refractivity contribution in [1.29, 1.82) is 0 Å². The lowest BCUT2D eigenvalue weighted by molar-refractivity contribution is 0.0962. The number of aromatic nitrogens is 3. The van der Waals surface area contributed by atoms with E-state index in [9.17, 15) is 13.6 Å². The fourth-order valence-electron chi connectivity index (χ4n) is 3.01. The maximum absolute atomic E-state index is 12.3. The van der Waals surface area contributed by atoms with Gasteiger partial charge in [0.2, 0.25) is 0 Å². The summed E-state index contributed by atoms with van der Waals surface area (Å²) in [6.07, 6.45) is 1.22. The largest absolute Gasteiger partial charge is 0.496 e. The quantitative estimate of drug-likeness (QED) is 0.443. The molecule has 10 heteroatoms. The van der Waals surface area contributed by atoms with Crippen molar-refractivity contribution in [2.24, 2.45) is 0 Å². The smallest absolute Gasteiger partial charge is 0.255 e. The van der Waals surface area contributed by atoms with Gasteiger partial charge in [-0.15, -0.1) is 0 Å². The number of amides is 1. The summed E-state index contributed by atoms with van der Waals surface area (Å²) in [4.78, 5) is 24.4. The molecule has 3 rings (SSSR count). The standard InChI is InChI=1S/C22H24F2N6O2/c1-25-22(31)15-4-3-14(18(9-15)32-2)7-8-26-21-10-17(29-13-30-21)16-5-6-20(27-11-16)28-12-19(23)24/h3-6,9-11,13,19H,7-8,12H2,1-2H3,(H,25,31)(H,27,28)(H,26,29,30). The average molecular weight is 442 g/mol. The van der Waals surface area contributed by atoms with Crippen molar-refractivity contribution in [2.75, 3.05) is 37.9 Å². The SMILES string of the molecule is CNC(=O)c1ccc(CCNc2cc(-c3ccc(NCC(F)F)nc3)ncn2)c(OC)c1. The van der Waals surface area contributed by atoms with E-state index in [1.807, 2.05) is 6.07 Å². The van der Waals surface area contributed by atoms with Crippen LogP contribution in [0.15, 0.2) is 48.9 Å². The number of nitrogens with one attached hydrogen (secondary N) is 3. The Morgan fingerprint density at radius 1 is 1.06 bits per heavy atom. The highest BCUT2D eigenvalue weighted by molar-refractivity contribution is 5.94. The lowest BCUT2D eigenvalue weighted by atomic mass is 10.1. The number of benzene rings is 1. The van der Waals surface area contributed by atoms with Gasteiger partial charge < -0.3 is 20.7 Å². The second-order valence-corrected chi connectivity index (χ2v) is 6.78. The number of nitrogens with zero attached hydrogens (tertiary/aromatic N) is 3. The first-order valence-corrected chi connectivity index (χ1v) is 9.93. The van der Waals surface area contributed by atoms with E-state index >= 15 is 0 Å². The zero-order chi connectivity index (χ0) is 22.9. The first kappa shape index (κ1) is 22.9. The van der Waals surface area contributed by atoms with Gasteiger partial charge in [0.05, 0.1) is 19.3 Å². The summed E-state index contributed by atoms with van der Waals surface area (Å²) in [5.41, 5.74) is 2.89. The van der Waals surface area contributed by atoms with Gasteiger partial charge in [-0.3, -0.25) is 4.79 Å². The highest BCUT2D eigenvalue weighted by Gasteiger charge is 2.10. The highest BCUT2D eigenvalue weighted by atomic mass is 19.3. The van der Waals surface area contributed by atoms with Crippen molar-refractivity contribution in [3.8, 4) is 17.0 Å². The Kier molecular flexibility index (Phi) is 7.85. The van der Waals surface area contributed by atoms with Crippen molar-refractivity contribution < 1.29 is 18.3 Å². The van der Waals surface area contributed by atoms with Crippen LogP contribution in [0.2, 0.25) is 0 Å². The molecule has 0 aliphatic rings. The summed E-state index contributed by atoms with van der Waals surface area (Å²) in [5, 5.41) is 8.40. The van der Waals surface area contributed by atoms with Gasteiger partial charge in [0.25, 0.3) is 12.3 Å². The van der Waals surface area contributed by atoms with E-state index in [4.69, 9.17) is 4.74 Å². The van der Waals surface area contributed by atoms with Crippen LogP contribution in [0.5, 0.6) is 5.75 Å². The number of hydrogen-bond donors (Lipinski definition) is 3. The molecule has 1 amide bonds. The van der Waals surface area contributed by atoms with Gasteiger partial charge in [-0.2, -0.15) is 0 Å². The summed E-state index contributed by atoms with van der Waals surface area (Å²) in [7, 11) is 3.15. The molecule has 2 heterocycles. The molecule has 0 fully saturated rings. The molecule has 1 aromatic carbocycles. The van der Waals surface area contributed by atoms with Crippen LogP contribution >= 0.6 is 0 Å². The van der Waals surface area contributed by atoms with Gasteiger partial charge in [-0.1, -0.05) is 6.07 Å². The van der Waals surface area contributed by atoms with Crippen LogP contribution in [0.1, 0.15) is 15.9 Å². The number of alkyl halides is 2. The van der Waals surface area contributed by atoms with Crippen LogP contribution < -0.4 is 20.7 Å². The molecule has 0 saturated carbocycles. The minimum absolute atomic E-state index is 0.172. The number of rotatable bonds is 10. The molecule has 168 valence electrons. The van der Waals surface area contributed by atoms with E-state index in [2.05, 4.69) is 30.9 Å². The van der Waals surface area contributed by atoms with E-state index in [-0.39, 0.29) is 5.91 Å². The number of methoxy groups -OCH3 is 1. The Hall–Kier alpha value is -3.82. The molecule has 0 radical (unpaired) electrons. The number of halogens is 2. The molecule has 32 heavy (non-hydrogen) atoms. The molecule has 0 bridgehead atoms. The van der Waals surface area contributed by atoms with Gasteiger partial charge in [-0.25, -0.2) is 23.7 Å². The zero-order valence-electron chi connectivity index (χ0n) is 17.7. The van der Waals surface area contributed by atoms with Crippen LogP contribution in [0.3, 0.4) is 0 Å². The van der Waals surface area contributed by atoms with Crippen molar-refractivity contribution >= 4 is 17.5 Å². The second kappa shape index (κ2) is 11.0.